The van der Waals surface area contributed by atoms with Crippen LogP contribution >= 0.6 is 0 Å². The second kappa shape index (κ2) is 8.87. The Hall–Kier alpha value is -3.19. The molecule has 0 amide bonds. The number of hydrogen-bond acceptors (Lipinski definition) is 4. The van der Waals surface area contributed by atoms with Crippen molar-refractivity contribution in [3.05, 3.63) is 89.5 Å². The van der Waals surface area contributed by atoms with Gasteiger partial charge in [0.25, 0.3) is 0 Å². The van der Waals surface area contributed by atoms with Gasteiger partial charge < -0.3 is 19.9 Å². The first-order chi connectivity index (χ1) is 13.9. The minimum absolute atomic E-state index is 0.296. The van der Waals surface area contributed by atoms with Gasteiger partial charge in [-0.3, -0.25) is 0 Å². The molecule has 3 aromatic rings. The van der Waals surface area contributed by atoms with Crippen molar-refractivity contribution in [2.24, 2.45) is 5.73 Å². The molecule has 0 bridgehead atoms. The lowest BCUT2D eigenvalue weighted by Crippen LogP contribution is -2.17. The maximum atomic E-state index is 12.3. The number of nitrogens with two attached hydrogens (primary N) is 1. The van der Waals surface area contributed by atoms with Crippen LogP contribution in [0.5, 0.6) is 17.2 Å². The maximum absolute atomic E-state index is 12.3. The van der Waals surface area contributed by atoms with Gasteiger partial charge in [-0.25, -0.2) is 0 Å². The summed E-state index contributed by atoms with van der Waals surface area (Å²) in [7, 11) is 1.53. The van der Waals surface area contributed by atoms with Crippen molar-refractivity contribution in [3.8, 4) is 17.2 Å². The number of methoxy groups -OCH3 is 1. The second-order valence-corrected chi connectivity index (χ2v) is 6.28. The van der Waals surface area contributed by atoms with Crippen LogP contribution < -0.4 is 19.9 Å². The Morgan fingerprint density at radius 3 is 2.14 bits per heavy atom. The zero-order chi connectivity index (χ0) is 20.9. The molecule has 29 heavy (non-hydrogen) atoms. The zero-order valence-electron chi connectivity index (χ0n) is 15.6. The first kappa shape index (κ1) is 20.5. The minimum Gasteiger partial charge on any atom is -0.493 e. The largest absolute Gasteiger partial charge is 0.573 e. The van der Waals surface area contributed by atoms with Gasteiger partial charge in [0.05, 0.1) is 13.2 Å². The van der Waals surface area contributed by atoms with Crippen molar-refractivity contribution in [1.82, 2.24) is 0 Å². The second-order valence-electron chi connectivity index (χ2n) is 6.28. The van der Waals surface area contributed by atoms with Gasteiger partial charge in [0.2, 0.25) is 0 Å². The van der Waals surface area contributed by atoms with Crippen LogP contribution in [-0.2, 0) is 6.61 Å². The summed E-state index contributed by atoms with van der Waals surface area (Å²) in [6.07, 6.45) is -4.73. The van der Waals surface area contributed by atoms with Gasteiger partial charge in [-0.15, -0.1) is 13.2 Å². The monoisotopic (exact) mass is 403 g/mol. The summed E-state index contributed by atoms with van der Waals surface area (Å²) in [4.78, 5) is 0. The normalized spacial score (nSPS) is 12.3. The molecule has 0 radical (unpaired) electrons. The number of hydrogen-bond donors (Lipinski definition) is 1. The SMILES string of the molecule is COc1cc([C@@H](N)c2ccc(OC(F)(F)F)cc2)ccc1OCc1ccccc1. The zero-order valence-corrected chi connectivity index (χ0v) is 15.6. The fraction of sp³-hybridized carbons (Fsp3) is 0.182. The van der Waals surface area contributed by atoms with Gasteiger partial charge in [-0.2, -0.15) is 0 Å². The lowest BCUT2D eigenvalue weighted by Gasteiger charge is -2.17. The van der Waals surface area contributed by atoms with E-state index < -0.39 is 12.4 Å². The smallest absolute Gasteiger partial charge is 0.493 e. The average Bonchev–Trinajstić information content (AvgIpc) is 2.72. The quantitative estimate of drug-likeness (QED) is 0.588. The molecule has 152 valence electrons. The van der Waals surface area contributed by atoms with Gasteiger partial charge >= 0.3 is 6.36 Å². The minimum atomic E-state index is -4.73. The molecule has 0 spiro atoms. The molecule has 0 fully saturated rings. The third-order valence-corrected chi connectivity index (χ3v) is 4.26. The standard InChI is InChI=1S/C22H20F3NO3/c1-27-20-13-17(9-12-19(20)28-14-15-5-3-2-4-6-15)21(26)16-7-10-18(11-8-16)29-22(23,24)25/h2-13,21H,14,26H2,1H3/t21-/m0/s1. The molecule has 0 saturated heterocycles. The Bertz CT molecular complexity index is 928. The summed E-state index contributed by atoms with van der Waals surface area (Å²) in [5, 5.41) is 0. The summed E-state index contributed by atoms with van der Waals surface area (Å²) in [6.45, 7) is 0.392. The van der Waals surface area contributed by atoms with Crippen LogP contribution in [0.4, 0.5) is 13.2 Å². The van der Waals surface area contributed by atoms with E-state index in [0.29, 0.717) is 23.7 Å². The number of halogens is 3. The molecular formula is C22H20F3NO3. The van der Waals surface area contributed by atoms with Crippen molar-refractivity contribution in [2.75, 3.05) is 7.11 Å². The van der Waals surface area contributed by atoms with E-state index in [9.17, 15) is 13.2 Å². The van der Waals surface area contributed by atoms with Crippen LogP contribution in [0.25, 0.3) is 0 Å². The third kappa shape index (κ3) is 5.65. The summed E-state index contributed by atoms with van der Waals surface area (Å²) in [5.74, 6) is 0.794. The molecule has 0 unspecified atom stereocenters. The molecule has 2 N–H and O–H groups in total. The van der Waals surface area contributed by atoms with Gasteiger partial charge in [0.15, 0.2) is 11.5 Å². The molecule has 0 aliphatic heterocycles. The van der Waals surface area contributed by atoms with E-state index in [0.717, 1.165) is 11.1 Å². The van der Waals surface area contributed by atoms with Gasteiger partial charge in [-0.1, -0.05) is 48.5 Å². The van der Waals surface area contributed by atoms with Crippen molar-refractivity contribution >= 4 is 0 Å². The van der Waals surface area contributed by atoms with Crippen LogP contribution in [0.15, 0.2) is 72.8 Å². The van der Waals surface area contributed by atoms with Crippen molar-refractivity contribution in [2.45, 2.75) is 19.0 Å². The van der Waals surface area contributed by atoms with Gasteiger partial charge in [-0.05, 0) is 41.0 Å². The van der Waals surface area contributed by atoms with Crippen molar-refractivity contribution < 1.29 is 27.4 Å². The molecule has 0 heterocycles. The van der Waals surface area contributed by atoms with Crippen LogP contribution in [0, 0.1) is 0 Å². The van der Waals surface area contributed by atoms with Crippen molar-refractivity contribution in [1.29, 1.82) is 0 Å². The topological polar surface area (TPSA) is 53.7 Å². The average molecular weight is 403 g/mol. The van der Waals surface area contributed by atoms with E-state index in [1.807, 2.05) is 30.3 Å². The van der Waals surface area contributed by atoms with Gasteiger partial charge in [0.1, 0.15) is 12.4 Å². The molecule has 0 aromatic heterocycles. The highest BCUT2D eigenvalue weighted by molar-refractivity contribution is 5.46. The van der Waals surface area contributed by atoms with Crippen LogP contribution in [0.3, 0.4) is 0 Å². The Morgan fingerprint density at radius 2 is 1.52 bits per heavy atom. The van der Waals surface area contributed by atoms with E-state index in [1.54, 1.807) is 18.2 Å². The first-order valence-corrected chi connectivity index (χ1v) is 8.81. The predicted octanol–water partition coefficient (Wildman–Crippen LogP) is 5.22. The van der Waals surface area contributed by atoms with E-state index in [4.69, 9.17) is 15.2 Å². The Labute approximate surface area is 166 Å². The summed E-state index contributed by atoms with van der Waals surface area (Å²) in [6, 6.07) is 20.0. The molecule has 0 aliphatic rings. The van der Waals surface area contributed by atoms with Crippen LogP contribution in [0.2, 0.25) is 0 Å². The fourth-order valence-electron chi connectivity index (χ4n) is 2.80. The Kier molecular flexibility index (Phi) is 6.29. The molecule has 7 heteroatoms. The first-order valence-electron chi connectivity index (χ1n) is 8.81. The lowest BCUT2D eigenvalue weighted by molar-refractivity contribution is -0.274. The fourth-order valence-corrected chi connectivity index (χ4v) is 2.80. The predicted molar refractivity (Wildman–Crippen MR) is 103 cm³/mol. The van der Waals surface area contributed by atoms with E-state index in [1.165, 1.54) is 31.4 Å². The molecule has 4 nitrogen and oxygen atoms in total. The number of rotatable bonds is 7. The summed E-state index contributed by atoms with van der Waals surface area (Å²) in [5.41, 5.74) is 8.67. The molecule has 0 saturated carbocycles. The van der Waals surface area contributed by atoms with Gasteiger partial charge in [0, 0.05) is 0 Å². The van der Waals surface area contributed by atoms with Crippen molar-refractivity contribution in [3.63, 3.8) is 0 Å². The number of alkyl halides is 3. The van der Waals surface area contributed by atoms with E-state index >= 15 is 0 Å². The van der Waals surface area contributed by atoms with Crippen LogP contribution in [-0.4, -0.2) is 13.5 Å². The molecule has 1 atom stereocenters. The molecule has 3 rings (SSSR count). The van der Waals surface area contributed by atoms with E-state index in [-0.39, 0.29) is 5.75 Å². The maximum Gasteiger partial charge on any atom is 0.573 e. The number of benzene rings is 3. The highest BCUT2D eigenvalue weighted by atomic mass is 19.4. The third-order valence-electron chi connectivity index (χ3n) is 4.26. The highest BCUT2D eigenvalue weighted by Gasteiger charge is 2.31. The Balaban J connectivity index is 1.73. The molecule has 3 aromatic carbocycles. The highest BCUT2D eigenvalue weighted by Crippen LogP contribution is 2.33. The molecular weight excluding hydrogens is 383 g/mol. The molecule has 0 aliphatic carbocycles. The summed E-state index contributed by atoms with van der Waals surface area (Å²) < 4.78 is 52.0. The summed E-state index contributed by atoms with van der Waals surface area (Å²) >= 11 is 0. The Morgan fingerprint density at radius 1 is 0.862 bits per heavy atom. The van der Waals surface area contributed by atoms with E-state index in [2.05, 4.69) is 4.74 Å². The lowest BCUT2D eigenvalue weighted by atomic mass is 9.99. The number of ether oxygens (including phenoxy) is 3. The van der Waals surface area contributed by atoms with Crippen LogP contribution in [0.1, 0.15) is 22.7 Å².